The second-order valence-electron chi connectivity index (χ2n) is 6.94. The standard InChI is InChI=1S/C20H25F2N3O4S/c1-23-10-12-25(13-11-23)16-14-15(8-9-17(16)28-3)24(2)30(26,27)19-7-5-4-6-18(19)29-20(21)22/h4-9,14,20H,10-13H2,1-3H3. The van der Waals surface area contributed by atoms with Gasteiger partial charge < -0.3 is 19.3 Å². The minimum absolute atomic E-state index is 0.329. The van der Waals surface area contributed by atoms with Crippen LogP contribution in [0.4, 0.5) is 20.2 Å². The van der Waals surface area contributed by atoms with Crippen LogP contribution < -0.4 is 18.7 Å². The lowest BCUT2D eigenvalue weighted by molar-refractivity contribution is -0.0517. The van der Waals surface area contributed by atoms with E-state index in [1.165, 1.54) is 31.3 Å². The summed E-state index contributed by atoms with van der Waals surface area (Å²) in [5.74, 6) is 0.239. The SMILES string of the molecule is COc1ccc(N(C)S(=O)(=O)c2ccccc2OC(F)F)cc1N1CCN(C)CC1. The molecule has 0 bridgehead atoms. The number of para-hydroxylation sites is 1. The van der Waals surface area contributed by atoms with Gasteiger partial charge in [0.15, 0.2) is 0 Å². The molecule has 10 heteroatoms. The molecule has 1 heterocycles. The molecule has 30 heavy (non-hydrogen) atoms. The molecule has 1 fully saturated rings. The maximum Gasteiger partial charge on any atom is 0.387 e. The number of nitrogens with zero attached hydrogens (tertiary/aromatic N) is 3. The van der Waals surface area contributed by atoms with Crippen molar-refractivity contribution in [3.05, 3.63) is 42.5 Å². The molecular weight excluding hydrogens is 416 g/mol. The fourth-order valence-corrected chi connectivity index (χ4v) is 4.62. The van der Waals surface area contributed by atoms with Gasteiger partial charge in [-0.05, 0) is 37.4 Å². The molecule has 1 aliphatic rings. The van der Waals surface area contributed by atoms with E-state index in [2.05, 4.69) is 14.5 Å². The molecule has 2 aromatic rings. The summed E-state index contributed by atoms with van der Waals surface area (Å²) < 4.78 is 62.7. The average Bonchev–Trinajstić information content (AvgIpc) is 2.73. The average molecular weight is 442 g/mol. The topological polar surface area (TPSA) is 62.3 Å². The summed E-state index contributed by atoms with van der Waals surface area (Å²) in [6, 6.07) is 10.4. The number of hydrogen-bond acceptors (Lipinski definition) is 6. The van der Waals surface area contributed by atoms with Gasteiger partial charge in [-0.15, -0.1) is 0 Å². The largest absolute Gasteiger partial charge is 0.495 e. The fourth-order valence-electron chi connectivity index (χ4n) is 3.31. The molecule has 0 unspecified atom stereocenters. The third-order valence-electron chi connectivity index (χ3n) is 5.07. The summed E-state index contributed by atoms with van der Waals surface area (Å²) in [7, 11) is 0.851. The second-order valence-corrected chi connectivity index (χ2v) is 8.88. The molecule has 0 spiro atoms. The maximum absolute atomic E-state index is 13.2. The number of rotatable bonds is 7. The van der Waals surface area contributed by atoms with E-state index in [9.17, 15) is 17.2 Å². The first kappa shape index (κ1) is 22.1. The Labute approximate surface area is 175 Å². The van der Waals surface area contributed by atoms with Crippen LogP contribution in [0.25, 0.3) is 0 Å². The van der Waals surface area contributed by atoms with Crippen molar-refractivity contribution in [2.75, 3.05) is 56.6 Å². The Kier molecular flexibility index (Phi) is 6.67. The van der Waals surface area contributed by atoms with Crippen molar-refractivity contribution >= 4 is 21.4 Å². The van der Waals surface area contributed by atoms with Crippen LogP contribution in [0.3, 0.4) is 0 Å². The number of halogens is 2. The Morgan fingerprint density at radius 2 is 1.70 bits per heavy atom. The minimum atomic E-state index is -4.14. The first-order valence-corrected chi connectivity index (χ1v) is 10.8. The molecule has 1 saturated heterocycles. The van der Waals surface area contributed by atoms with Crippen molar-refractivity contribution in [2.24, 2.45) is 0 Å². The monoisotopic (exact) mass is 441 g/mol. The first-order chi connectivity index (χ1) is 14.2. The summed E-state index contributed by atoms with van der Waals surface area (Å²) in [6.45, 7) is 0.173. The normalized spacial score (nSPS) is 15.3. The number of piperazine rings is 1. The van der Waals surface area contributed by atoms with E-state index in [1.54, 1.807) is 25.3 Å². The van der Waals surface area contributed by atoms with E-state index in [4.69, 9.17) is 4.74 Å². The predicted octanol–water partition coefficient (Wildman–Crippen LogP) is 2.87. The zero-order valence-corrected chi connectivity index (χ0v) is 17.9. The second kappa shape index (κ2) is 9.05. The Bertz CT molecular complexity index is 980. The zero-order valence-electron chi connectivity index (χ0n) is 17.1. The van der Waals surface area contributed by atoms with Crippen molar-refractivity contribution in [3.8, 4) is 11.5 Å². The predicted molar refractivity (Wildman–Crippen MR) is 111 cm³/mol. The molecule has 0 radical (unpaired) electrons. The molecule has 0 amide bonds. The Hall–Kier alpha value is -2.59. The lowest BCUT2D eigenvalue weighted by Crippen LogP contribution is -2.44. The summed E-state index contributed by atoms with van der Waals surface area (Å²) in [4.78, 5) is 4.02. The van der Waals surface area contributed by atoms with E-state index in [0.717, 1.165) is 36.2 Å². The van der Waals surface area contributed by atoms with Crippen molar-refractivity contribution in [1.29, 1.82) is 0 Å². The number of sulfonamides is 1. The van der Waals surface area contributed by atoms with Crippen LogP contribution in [0.5, 0.6) is 11.5 Å². The highest BCUT2D eigenvalue weighted by atomic mass is 32.2. The number of benzene rings is 2. The van der Waals surface area contributed by atoms with Crippen LogP contribution in [0.2, 0.25) is 0 Å². The molecule has 0 saturated carbocycles. The summed E-state index contributed by atoms with van der Waals surface area (Å²) in [5, 5.41) is 0. The van der Waals surface area contributed by atoms with Crippen molar-refractivity contribution in [3.63, 3.8) is 0 Å². The van der Waals surface area contributed by atoms with Crippen LogP contribution in [0.1, 0.15) is 0 Å². The highest BCUT2D eigenvalue weighted by Gasteiger charge is 2.27. The number of methoxy groups -OCH3 is 1. The molecular formula is C20H25F2N3O4S. The molecule has 0 aliphatic carbocycles. The van der Waals surface area contributed by atoms with E-state index >= 15 is 0 Å². The zero-order chi connectivity index (χ0) is 21.9. The summed E-state index contributed by atoms with van der Waals surface area (Å²) in [6.07, 6.45) is 0. The number of hydrogen-bond donors (Lipinski definition) is 0. The van der Waals surface area contributed by atoms with Crippen LogP contribution in [0.15, 0.2) is 47.4 Å². The smallest absolute Gasteiger partial charge is 0.387 e. The molecule has 0 N–H and O–H groups in total. The van der Waals surface area contributed by atoms with Crippen LogP contribution >= 0.6 is 0 Å². The van der Waals surface area contributed by atoms with Gasteiger partial charge in [-0.3, -0.25) is 4.31 Å². The van der Waals surface area contributed by atoms with Gasteiger partial charge in [0, 0.05) is 33.2 Å². The quantitative estimate of drug-likeness (QED) is 0.659. The van der Waals surface area contributed by atoms with Crippen LogP contribution in [-0.4, -0.2) is 67.3 Å². The van der Waals surface area contributed by atoms with Gasteiger partial charge in [0.1, 0.15) is 16.4 Å². The van der Waals surface area contributed by atoms with Gasteiger partial charge in [-0.1, -0.05) is 12.1 Å². The molecule has 3 rings (SSSR count). The van der Waals surface area contributed by atoms with Crippen LogP contribution in [-0.2, 0) is 10.0 Å². The van der Waals surface area contributed by atoms with E-state index in [-0.39, 0.29) is 4.90 Å². The molecule has 0 aromatic heterocycles. The maximum atomic E-state index is 13.2. The molecule has 2 aromatic carbocycles. The third-order valence-corrected chi connectivity index (χ3v) is 6.90. The van der Waals surface area contributed by atoms with E-state index < -0.39 is 22.4 Å². The molecule has 1 aliphatic heterocycles. The lowest BCUT2D eigenvalue weighted by atomic mass is 10.2. The van der Waals surface area contributed by atoms with Gasteiger partial charge in [-0.25, -0.2) is 8.42 Å². The van der Waals surface area contributed by atoms with Crippen molar-refractivity contribution in [1.82, 2.24) is 4.90 Å². The fraction of sp³-hybridized carbons (Fsp3) is 0.400. The van der Waals surface area contributed by atoms with E-state index in [1.807, 2.05) is 7.05 Å². The summed E-state index contributed by atoms with van der Waals surface area (Å²) >= 11 is 0. The van der Waals surface area contributed by atoms with Crippen molar-refractivity contribution < 1.29 is 26.7 Å². The first-order valence-electron chi connectivity index (χ1n) is 9.38. The summed E-state index contributed by atoms with van der Waals surface area (Å²) in [5.41, 5.74) is 1.17. The number of likely N-dealkylation sites (N-methyl/N-ethyl adjacent to an activating group) is 1. The Morgan fingerprint density at radius 1 is 1.03 bits per heavy atom. The molecule has 7 nitrogen and oxygen atoms in total. The third kappa shape index (κ3) is 4.59. The number of ether oxygens (including phenoxy) is 2. The van der Waals surface area contributed by atoms with Crippen LogP contribution in [0, 0.1) is 0 Å². The lowest BCUT2D eigenvalue weighted by Gasteiger charge is -2.35. The molecule has 0 atom stereocenters. The van der Waals surface area contributed by atoms with Gasteiger partial charge in [-0.2, -0.15) is 8.78 Å². The highest BCUT2D eigenvalue weighted by Crippen LogP contribution is 2.36. The number of anilines is 2. The highest BCUT2D eigenvalue weighted by molar-refractivity contribution is 7.92. The van der Waals surface area contributed by atoms with Gasteiger partial charge in [0.05, 0.1) is 18.5 Å². The van der Waals surface area contributed by atoms with Gasteiger partial charge in [0.2, 0.25) is 0 Å². The molecule has 164 valence electrons. The van der Waals surface area contributed by atoms with Gasteiger partial charge in [0.25, 0.3) is 10.0 Å². The Morgan fingerprint density at radius 3 is 2.33 bits per heavy atom. The Balaban J connectivity index is 1.97. The minimum Gasteiger partial charge on any atom is -0.495 e. The van der Waals surface area contributed by atoms with Crippen molar-refractivity contribution in [2.45, 2.75) is 11.5 Å². The van der Waals surface area contributed by atoms with Gasteiger partial charge >= 0.3 is 6.61 Å². The van der Waals surface area contributed by atoms with E-state index in [0.29, 0.717) is 11.4 Å². The number of alkyl halides is 2.